The molecule has 1 fully saturated rings. The van der Waals surface area contributed by atoms with Gasteiger partial charge in [-0.05, 0) is 48.7 Å². The zero-order chi connectivity index (χ0) is 23.1. The molecule has 32 heavy (non-hydrogen) atoms. The number of urea groups is 1. The Balaban J connectivity index is 1.58. The topological polar surface area (TPSA) is 90.5 Å². The van der Waals surface area contributed by atoms with Gasteiger partial charge in [0.1, 0.15) is 17.7 Å². The second-order valence-electron chi connectivity index (χ2n) is 7.60. The van der Waals surface area contributed by atoms with Crippen LogP contribution < -0.4 is 20.9 Å². The van der Waals surface area contributed by atoms with E-state index in [0.717, 1.165) is 6.07 Å². The molecule has 9 heteroatoms. The molecule has 170 valence electrons. The van der Waals surface area contributed by atoms with Gasteiger partial charge in [0.2, 0.25) is 11.8 Å². The minimum absolute atomic E-state index is 0.125. The summed E-state index contributed by atoms with van der Waals surface area (Å²) < 4.78 is 27.5. The predicted molar refractivity (Wildman–Crippen MR) is 117 cm³/mol. The normalized spacial score (nSPS) is 14.2. The molecular formula is C23H26F2N4O3. The lowest BCUT2D eigenvalue weighted by Gasteiger charge is -2.20. The van der Waals surface area contributed by atoms with E-state index in [2.05, 4.69) is 16.0 Å². The van der Waals surface area contributed by atoms with Gasteiger partial charge in [-0.25, -0.2) is 13.6 Å². The van der Waals surface area contributed by atoms with Crippen molar-refractivity contribution in [1.82, 2.24) is 10.6 Å². The number of hydrogen-bond donors (Lipinski definition) is 3. The van der Waals surface area contributed by atoms with E-state index in [-0.39, 0.29) is 29.6 Å². The number of rotatable bonds is 8. The van der Waals surface area contributed by atoms with Crippen molar-refractivity contribution in [2.75, 3.05) is 16.8 Å². The van der Waals surface area contributed by atoms with Gasteiger partial charge in [-0.15, -0.1) is 0 Å². The standard InChI is InChI=1S/C23H26F2N4O3/c1-2-4-19(28-23(32)26-14-15-6-8-16(24)9-7-15)22(31)27-17-10-11-20(18(25)13-17)29-12-3-5-21(29)30/h6-11,13,19H,2-5,12,14H2,1H3,(H,27,31)(H2,26,28,32). The van der Waals surface area contributed by atoms with Gasteiger partial charge in [0.05, 0.1) is 5.69 Å². The van der Waals surface area contributed by atoms with E-state index < -0.39 is 23.8 Å². The summed E-state index contributed by atoms with van der Waals surface area (Å²) in [4.78, 5) is 38.1. The first-order valence-electron chi connectivity index (χ1n) is 10.6. The van der Waals surface area contributed by atoms with Crippen molar-refractivity contribution < 1.29 is 23.2 Å². The predicted octanol–water partition coefficient (Wildman–Crippen LogP) is 3.70. The Labute approximate surface area is 185 Å². The van der Waals surface area contributed by atoms with Crippen LogP contribution in [0.25, 0.3) is 0 Å². The van der Waals surface area contributed by atoms with Crippen LogP contribution in [0, 0.1) is 11.6 Å². The lowest BCUT2D eigenvalue weighted by molar-refractivity contribution is -0.118. The van der Waals surface area contributed by atoms with Crippen molar-refractivity contribution in [2.24, 2.45) is 0 Å². The highest BCUT2D eigenvalue weighted by molar-refractivity contribution is 5.98. The largest absolute Gasteiger partial charge is 0.334 e. The van der Waals surface area contributed by atoms with Crippen molar-refractivity contribution >= 4 is 29.2 Å². The molecule has 0 saturated carbocycles. The van der Waals surface area contributed by atoms with E-state index in [1.807, 2.05) is 6.92 Å². The van der Waals surface area contributed by atoms with E-state index in [1.54, 1.807) is 12.1 Å². The Morgan fingerprint density at radius 3 is 2.50 bits per heavy atom. The molecule has 1 aliphatic heterocycles. The maximum Gasteiger partial charge on any atom is 0.315 e. The van der Waals surface area contributed by atoms with Crippen molar-refractivity contribution in [3.05, 3.63) is 59.7 Å². The maximum atomic E-state index is 14.5. The van der Waals surface area contributed by atoms with Crippen LogP contribution >= 0.6 is 0 Å². The molecule has 2 aromatic rings. The van der Waals surface area contributed by atoms with Crippen molar-refractivity contribution in [3.63, 3.8) is 0 Å². The van der Waals surface area contributed by atoms with Crippen molar-refractivity contribution in [2.45, 2.75) is 45.2 Å². The molecule has 0 spiro atoms. The number of nitrogens with zero attached hydrogens (tertiary/aromatic N) is 1. The third kappa shape index (κ3) is 6.03. The van der Waals surface area contributed by atoms with Gasteiger partial charge in [-0.2, -0.15) is 0 Å². The average molecular weight is 444 g/mol. The van der Waals surface area contributed by atoms with Crippen molar-refractivity contribution in [1.29, 1.82) is 0 Å². The first-order valence-corrected chi connectivity index (χ1v) is 10.6. The molecule has 1 unspecified atom stereocenters. The molecule has 0 radical (unpaired) electrons. The highest BCUT2D eigenvalue weighted by atomic mass is 19.1. The van der Waals surface area contributed by atoms with Gasteiger partial charge in [-0.3, -0.25) is 9.59 Å². The minimum atomic E-state index is -0.823. The molecular weight excluding hydrogens is 418 g/mol. The van der Waals surface area contributed by atoms with E-state index in [1.165, 1.54) is 29.2 Å². The minimum Gasteiger partial charge on any atom is -0.334 e. The molecule has 3 rings (SSSR count). The van der Waals surface area contributed by atoms with Crippen LogP contribution in [0.4, 0.5) is 25.0 Å². The molecule has 1 saturated heterocycles. The van der Waals surface area contributed by atoms with Crippen LogP contribution in [0.15, 0.2) is 42.5 Å². The Hall–Kier alpha value is -3.49. The number of hydrogen-bond acceptors (Lipinski definition) is 3. The molecule has 0 aliphatic carbocycles. The van der Waals surface area contributed by atoms with Gasteiger partial charge in [-0.1, -0.05) is 25.5 Å². The molecule has 0 aromatic heterocycles. The van der Waals surface area contributed by atoms with Crippen LogP contribution in [0.5, 0.6) is 0 Å². The van der Waals surface area contributed by atoms with E-state index in [4.69, 9.17) is 0 Å². The monoisotopic (exact) mass is 444 g/mol. The van der Waals surface area contributed by atoms with Crippen LogP contribution in [0.2, 0.25) is 0 Å². The van der Waals surface area contributed by atoms with E-state index >= 15 is 0 Å². The number of halogens is 2. The summed E-state index contributed by atoms with van der Waals surface area (Å²) in [7, 11) is 0. The Morgan fingerprint density at radius 1 is 1.12 bits per heavy atom. The van der Waals surface area contributed by atoms with E-state index in [0.29, 0.717) is 37.8 Å². The first kappa shape index (κ1) is 23.2. The van der Waals surface area contributed by atoms with Gasteiger partial charge in [0.25, 0.3) is 0 Å². The molecule has 7 nitrogen and oxygen atoms in total. The summed E-state index contributed by atoms with van der Waals surface area (Å²) in [5, 5.41) is 7.86. The summed E-state index contributed by atoms with van der Waals surface area (Å²) in [5.41, 5.74) is 1.14. The fourth-order valence-corrected chi connectivity index (χ4v) is 3.49. The highest BCUT2D eigenvalue weighted by Crippen LogP contribution is 2.27. The van der Waals surface area contributed by atoms with E-state index in [9.17, 15) is 23.2 Å². The number of anilines is 2. The Kier molecular flexibility index (Phi) is 7.75. The van der Waals surface area contributed by atoms with Crippen LogP contribution in [-0.4, -0.2) is 30.4 Å². The smallest absolute Gasteiger partial charge is 0.315 e. The molecule has 2 aromatic carbocycles. The number of carbonyl (C=O) groups is 3. The van der Waals surface area contributed by atoms with Crippen molar-refractivity contribution in [3.8, 4) is 0 Å². The number of amides is 4. The molecule has 1 heterocycles. The Morgan fingerprint density at radius 2 is 1.88 bits per heavy atom. The molecule has 0 bridgehead atoms. The lowest BCUT2D eigenvalue weighted by atomic mass is 10.1. The second-order valence-corrected chi connectivity index (χ2v) is 7.60. The molecule has 4 amide bonds. The van der Waals surface area contributed by atoms with Crippen LogP contribution in [0.1, 0.15) is 38.2 Å². The van der Waals surface area contributed by atoms with Gasteiger partial charge in [0, 0.05) is 25.2 Å². The van der Waals surface area contributed by atoms with Gasteiger partial charge >= 0.3 is 6.03 Å². The number of nitrogens with one attached hydrogen (secondary N) is 3. The quantitative estimate of drug-likeness (QED) is 0.580. The van der Waals surface area contributed by atoms with Gasteiger partial charge < -0.3 is 20.9 Å². The highest BCUT2D eigenvalue weighted by Gasteiger charge is 2.25. The second kappa shape index (κ2) is 10.7. The zero-order valence-corrected chi connectivity index (χ0v) is 17.8. The summed E-state index contributed by atoms with van der Waals surface area (Å²) in [6.07, 6.45) is 2.11. The average Bonchev–Trinajstić information content (AvgIpc) is 3.18. The molecule has 3 N–H and O–H groups in total. The Bertz CT molecular complexity index is 982. The fourth-order valence-electron chi connectivity index (χ4n) is 3.49. The third-order valence-electron chi connectivity index (χ3n) is 5.14. The summed E-state index contributed by atoms with van der Waals surface area (Å²) >= 11 is 0. The number of benzene rings is 2. The van der Waals surface area contributed by atoms with Gasteiger partial charge in [0.15, 0.2) is 0 Å². The summed E-state index contributed by atoms with van der Waals surface area (Å²) in [6.45, 7) is 2.52. The SMILES string of the molecule is CCCC(NC(=O)NCc1ccc(F)cc1)C(=O)Nc1ccc(N2CCCC2=O)c(F)c1. The third-order valence-corrected chi connectivity index (χ3v) is 5.14. The molecule has 1 aliphatic rings. The molecule has 1 atom stereocenters. The lowest BCUT2D eigenvalue weighted by Crippen LogP contribution is -2.47. The first-order chi connectivity index (χ1) is 15.4. The van der Waals surface area contributed by atoms with Crippen LogP contribution in [0.3, 0.4) is 0 Å². The van der Waals surface area contributed by atoms with Crippen LogP contribution in [-0.2, 0) is 16.1 Å². The number of carbonyl (C=O) groups excluding carboxylic acids is 3. The summed E-state index contributed by atoms with van der Waals surface area (Å²) in [6, 6.07) is 8.49. The maximum absolute atomic E-state index is 14.5. The fraction of sp³-hybridized carbons (Fsp3) is 0.348. The zero-order valence-electron chi connectivity index (χ0n) is 17.8. The summed E-state index contributed by atoms with van der Waals surface area (Å²) in [5.74, 6) is -1.57.